The maximum Gasteiger partial charge on any atom is 0.293 e. The summed E-state index contributed by atoms with van der Waals surface area (Å²) in [4.78, 5) is 24.0. The molecule has 0 fully saturated rings. The first-order chi connectivity index (χ1) is 11.5. The molecule has 0 amide bonds. The lowest BCUT2D eigenvalue weighted by atomic mass is 10.1. The van der Waals surface area contributed by atoms with Gasteiger partial charge in [0, 0.05) is 24.1 Å². The summed E-state index contributed by atoms with van der Waals surface area (Å²) in [5.74, 6) is 0.508. The van der Waals surface area contributed by atoms with Crippen LogP contribution in [0.5, 0.6) is 0 Å². The topological polar surface area (TPSA) is 76.6 Å². The zero-order valence-corrected chi connectivity index (χ0v) is 13.4. The Bertz CT molecular complexity index is 897. The van der Waals surface area contributed by atoms with Crippen molar-refractivity contribution in [1.82, 2.24) is 0 Å². The van der Waals surface area contributed by atoms with Crippen LogP contribution in [0, 0.1) is 10.1 Å². The second-order valence-corrected chi connectivity index (χ2v) is 5.62. The molecule has 3 rings (SSSR count). The van der Waals surface area contributed by atoms with Crippen molar-refractivity contribution in [2.24, 2.45) is 0 Å². The van der Waals surface area contributed by atoms with Gasteiger partial charge in [-0.3, -0.25) is 14.9 Å². The number of hydrogen-bond acceptors (Lipinski definition) is 5. The minimum atomic E-state index is -0.475. The Hall–Kier alpha value is -3.15. The van der Waals surface area contributed by atoms with Gasteiger partial charge in [0.05, 0.1) is 11.5 Å². The molecule has 0 unspecified atom stereocenters. The van der Waals surface area contributed by atoms with Gasteiger partial charge in [0.15, 0.2) is 5.78 Å². The molecule has 0 aliphatic rings. The van der Waals surface area contributed by atoms with Crippen molar-refractivity contribution in [3.8, 4) is 0 Å². The van der Waals surface area contributed by atoms with Gasteiger partial charge in [-0.1, -0.05) is 18.2 Å². The van der Waals surface area contributed by atoms with Crippen LogP contribution in [-0.2, 0) is 6.54 Å². The molecule has 0 atom stereocenters. The second kappa shape index (κ2) is 6.16. The number of para-hydroxylation sites is 1. The van der Waals surface area contributed by atoms with E-state index >= 15 is 0 Å². The lowest BCUT2D eigenvalue weighted by Gasteiger charge is -2.18. The lowest BCUT2D eigenvalue weighted by molar-refractivity contribution is -0.384. The van der Waals surface area contributed by atoms with Gasteiger partial charge < -0.3 is 9.32 Å². The third-order valence-electron chi connectivity index (χ3n) is 3.86. The zero-order valence-electron chi connectivity index (χ0n) is 13.4. The number of carbonyl (C=O) groups excluding carboxylic acids is 1. The lowest BCUT2D eigenvalue weighted by Crippen LogP contribution is -2.17. The number of nitro groups is 1. The number of benzene rings is 2. The van der Waals surface area contributed by atoms with Gasteiger partial charge in [-0.25, -0.2) is 0 Å². The van der Waals surface area contributed by atoms with E-state index in [0.717, 1.165) is 11.0 Å². The molecule has 0 N–H and O–H groups in total. The van der Waals surface area contributed by atoms with Crippen molar-refractivity contribution >= 4 is 28.1 Å². The number of rotatable bonds is 5. The third kappa shape index (κ3) is 2.99. The number of nitro benzene ring substituents is 1. The summed E-state index contributed by atoms with van der Waals surface area (Å²) in [5.41, 5.74) is 1.44. The van der Waals surface area contributed by atoms with E-state index in [1.54, 1.807) is 24.1 Å². The Morgan fingerprint density at radius 3 is 2.62 bits per heavy atom. The van der Waals surface area contributed by atoms with Crippen molar-refractivity contribution in [1.29, 1.82) is 0 Å². The van der Waals surface area contributed by atoms with Crippen LogP contribution in [0.2, 0.25) is 0 Å². The zero-order chi connectivity index (χ0) is 17.3. The summed E-state index contributed by atoms with van der Waals surface area (Å²) in [6, 6.07) is 14.1. The van der Waals surface area contributed by atoms with Gasteiger partial charge in [0.25, 0.3) is 5.69 Å². The van der Waals surface area contributed by atoms with Crippen molar-refractivity contribution < 1.29 is 14.1 Å². The number of nitrogens with zero attached hydrogens (tertiary/aromatic N) is 2. The van der Waals surface area contributed by atoms with Gasteiger partial charge in [-0.2, -0.15) is 0 Å². The summed E-state index contributed by atoms with van der Waals surface area (Å²) >= 11 is 0. The van der Waals surface area contributed by atoms with E-state index in [1.807, 2.05) is 30.3 Å². The highest BCUT2D eigenvalue weighted by atomic mass is 16.6. The number of hydrogen-bond donors (Lipinski definition) is 0. The molecule has 0 aliphatic carbocycles. The van der Waals surface area contributed by atoms with Gasteiger partial charge in [-0.05, 0) is 31.2 Å². The number of carbonyl (C=O) groups is 1. The minimum Gasteiger partial charge on any atom is -0.459 e. The highest BCUT2D eigenvalue weighted by Gasteiger charge is 2.20. The molecule has 0 spiro atoms. The predicted molar refractivity (Wildman–Crippen MR) is 91.4 cm³/mol. The monoisotopic (exact) mass is 324 g/mol. The van der Waals surface area contributed by atoms with E-state index in [4.69, 9.17) is 4.42 Å². The fourth-order valence-electron chi connectivity index (χ4n) is 2.65. The van der Waals surface area contributed by atoms with Gasteiger partial charge in [-0.15, -0.1) is 0 Å². The maximum absolute atomic E-state index is 11.4. The molecular formula is C18H16N2O4. The Kier molecular flexibility index (Phi) is 4.04. The van der Waals surface area contributed by atoms with E-state index in [1.165, 1.54) is 13.0 Å². The number of fused-ring (bicyclic) bond motifs is 1. The molecule has 6 heteroatoms. The quantitative estimate of drug-likeness (QED) is 0.400. The number of Topliss-reactive ketones (excluding diaryl/α,β-unsaturated/α-hetero) is 1. The summed E-state index contributed by atoms with van der Waals surface area (Å²) in [6.45, 7) is 1.77. The van der Waals surface area contributed by atoms with Crippen LogP contribution in [-0.4, -0.2) is 17.8 Å². The molecule has 0 saturated carbocycles. The van der Waals surface area contributed by atoms with Crippen LogP contribution in [0.1, 0.15) is 23.0 Å². The molecule has 0 radical (unpaired) electrons. The first kappa shape index (κ1) is 15.7. The SMILES string of the molecule is CC(=O)c1ccc(N(C)Cc2cc3ccccc3o2)c([N+](=O)[O-])c1. The fourth-order valence-corrected chi connectivity index (χ4v) is 2.65. The van der Waals surface area contributed by atoms with E-state index in [2.05, 4.69) is 0 Å². The van der Waals surface area contributed by atoms with Crippen LogP contribution in [0.4, 0.5) is 11.4 Å². The van der Waals surface area contributed by atoms with E-state index in [9.17, 15) is 14.9 Å². The molecule has 0 bridgehead atoms. The minimum absolute atomic E-state index is 0.0960. The standard InChI is InChI=1S/C18H16N2O4/c1-12(21)13-7-8-16(17(10-13)20(22)23)19(2)11-15-9-14-5-3-4-6-18(14)24-15/h3-10H,11H2,1-2H3. The number of furan rings is 1. The van der Waals surface area contributed by atoms with Crippen LogP contribution in [0.3, 0.4) is 0 Å². The summed E-state index contributed by atoms with van der Waals surface area (Å²) in [7, 11) is 1.75. The van der Waals surface area contributed by atoms with Gasteiger partial charge in [0.2, 0.25) is 0 Å². The summed E-state index contributed by atoms with van der Waals surface area (Å²) in [5, 5.41) is 12.3. The summed E-state index contributed by atoms with van der Waals surface area (Å²) in [6.07, 6.45) is 0. The number of anilines is 1. The molecule has 1 heterocycles. The molecule has 0 saturated heterocycles. The first-order valence-corrected chi connectivity index (χ1v) is 7.43. The van der Waals surface area contributed by atoms with Crippen LogP contribution >= 0.6 is 0 Å². The van der Waals surface area contributed by atoms with E-state index < -0.39 is 4.92 Å². The average molecular weight is 324 g/mol. The number of ketones is 1. The Labute approximate surface area is 138 Å². The molecule has 1 aromatic heterocycles. The highest BCUT2D eigenvalue weighted by molar-refractivity contribution is 5.95. The van der Waals surface area contributed by atoms with Gasteiger partial charge in [0.1, 0.15) is 17.0 Å². The third-order valence-corrected chi connectivity index (χ3v) is 3.86. The summed E-state index contributed by atoms with van der Waals surface area (Å²) < 4.78 is 5.76. The Morgan fingerprint density at radius 2 is 1.96 bits per heavy atom. The second-order valence-electron chi connectivity index (χ2n) is 5.62. The Balaban J connectivity index is 1.92. The van der Waals surface area contributed by atoms with Crippen LogP contribution in [0.25, 0.3) is 11.0 Å². The first-order valence-electron chi connectivity index (χ1n) is 7.43. The van der Waals surface area contributed by atoms with Crippen molar-refractivity contribution in [3.05, 3.63) is 70.0 Å². The molecule has 122 valence electrons. The fraction of sp³-hybridized carbons (Fsp3) is 0.167. The largest absolute Gasteiger partial charge is 0.459 e. The molecule has 24 heavy (non-hydrogen) atoms. The molecule has 6 nitrogen and oxygen atoms in total. The predicted octanol–water partition coefficient (Wildman–Crippen LogP) is 4.18. The van der Waals surface area contributed by atoms with Crippen molar-refractivity contribution in [2.75, 3.05) is 11.9 Å². The average Bonchev–Trinajstić information content (AvgIpc) is 2.96. The van der Waals surface area contributed by atoms with Crippen molar-refractivity contribution in [2.45, 2.75) is 13.5 Å². The van der Waals surface area contributed by atoms with Crippen molar-refractivity contribution in [3.63, 3.8) is 0 Å². The smallest absolute Gasteiger partial charge is 0.293 e. The molecule has 2 aromatic carbocycles. The van der Waals surface area contributed by atoms with E-state index in [-0.39, 0.29) is 11.5 Å². The maximum atomic E-state index is 11.4. The van der Waals surface area contributed by atoms with Crippen LogP contribution in [0.15, 0.2) is 52.9 Å². The molecular weight excluding hydrogens is 308 g/mol. The van der Waals surface area contributed by atoms with Gasteiger partial charge >= 0.3 is 0 Å². The Morgan fingerprint density at radius 1 is 1.21 bits per heavy atom. The molecule has 0 aliphatic heterocycles. The highest BCUT2D eigenvalue weighted by Crippen LogP contribution is 2.30. The normalized spacial score (nSPS) is 10.8. The van der Waals surface area contributed by atoms with Crippen LogP contribution < -0.4 is 4.90 Å². The molecule has 3 aromatic rings. The van der Waals surface area contributed by atoms with E-state index in [0.29, 0.717) is 23.6 Å².